The zero-order chi connectivity index (χ0) is 12.3. The first kappa shape index (κ1) is 10.9. The van der Waals surface area contributed by atoms with Crippen molar-refractivity contribution in [1.82, 2.24) is 9.78 Å². The molecule has 0 aliphatic heterocycles. The molecule has 1 heterocycles. The van der Waals surface area contributed by atoms with Gasteiger partial charge in [0.1, 0.15) is 0 Å². The summed E-state index contributed by atoms with van der Waals surface area (Å²) in [5.41, 5.74) is 1.52. The van der Waals surface area contributed by atoms with E-state index < -0.39 is 5.97 Å². The van der Waals surface area contributed by atoms with Crippen molar-refractivity contribution in [2.24, 2.45) is 0 Å². The molecule has 1 N–H and O–H groups in total. The molecule has 0 unspecified atom stereocenters. The summed E-state index contributed by atoms with van der Waals surface area (Å²) in [4.78, 5) is 10.7. The molecule has 1 aromatic carbocycles. The topological polar surface area (TPSA) is 78.9 Å². The van der Waals surface area contributed by atoms with Crippen LogP contribution >= 0.6 is 0 Å². The Kier molecular flexibility index (Phi) is 2.88. The van der Waals surface area contributed by atoms with E-state index in [0.717, 1.165) is 5.56 Å². The molecule has 1 aromatic heterocycles. The van der Waals surface area contributed by atoms with E-state index in [1.54, 1.807) is 12.1 Å². The van der Waals surface area contributed by atoms with Crippen LogP contribution in [0.4, 0.5) is 0 Å². The molecule has 0 amide bonds. The second kappa shape index (κ2) is 4.49. The Hall–Kier alpha value is -2.61. The fourth-order valence-corrected chi connectivity index (χ4v) is 1.50. The zero-order valence-corrected chi connectivity index (χ0v) is 8.87. The first-order valence-corrected chi connectivity index (χ1v) is 4.94. The summed E-state index contributed by atoms with van der Waals surface area (Å²) in [5.74, 6) is -1.01. The van der Waals surface area contributed by atoms with E-state index in [9.17, 15) is 4.79 Å². The summed E-state index contributed by atoms with van der Waals surface area (Å²) < 4.78 is 1.50. The monoisotopic (exact) mass is 227 g/mol. The van der Waals surface area contributed by atoms with Gasteiger partial charge in [-0.2, -0.15) is 10.4 Å². The molecule has 0 bridgehead atoms. The smallest absolute Gasteiger partial charge is 0.338 e. The molecule has 0 aliphatic rings. The lowest BCUT2D eigenvalue weighted by atomic mass is 10.1. The lowest BCUT2D eigenvalue weighted by Gasteiger charge is -2.03. The second-order valence-corrected chi connectivity index (χ2v) is 3.50. The van der Waals surface area contributed by atoms with Crippen molar-refractivity contribution in [2.75, 3.05) is 0 Å². The van der Waals surface area contributed by atoms with Gasteiger partial charge >= 0.3 is 5.97 Å². The molecule has 0 aliphatic carbocycles. The highest BCUT2D eigenvalue weighted by atomic mass is 16.4. The molecule has 5 heteroatoms. The van der Waals surface area contributed by atoms with Crippen LogP contribution in [0.3, 0.4) is 0 Å². The molecular weight excluding hydrogens is 218 g/mol. The Morgan fingerprint density at radius 2 is 2.24 bits per heavy atom. The number of benzene rings is 1. The number of rotatable bonds is 3. The van der Waals surface area contributed by atoms with Gasteiger partial charge in [0.05, 0.1) is 29.9 Å². The average Bonchev–Trinajstić information content (AvgIpc) is 2.78. The van der Waals surface area contributed by atoms with Crippen molar-refractivity contribution in [3.8, 4) is 6.07 Å². The van der Waals surface area contributed by atoms with E-state index >= 15 is 0 Å². The Morgan fingerprint density at radius 1 is 1.47 bits per heavy atom. The van der Waals surface area contributed by atoms with Gasteiger partial charge in [0.25, 0.3) is 0 Å². The Bertz CT molecular complexity index is 596. The quantitative estimate of drug-likeness (QED) is 0.861. The molecule has 2 rings (SSSR count). The first-order valence-electron chi connectivity index (χ1n) is 4.94. The van der Waals surface area contributed by atoms with Crippen LogP contribution in [0.2, 0.25) is 0 Å². The van der Waals surface area contributed by atoms with Crippen LogP contribution in [0.25, 0.3) is 0 Å². The van der Waals surface area contributed by atoms with Crippen LogP contribution in [0, 0.1) is 11.3 Å². The number of carboxylic acids is 1. The maximum Gasteiger partial charge on any atom is 0.338 e. The Labute approximate surface area is 97.5 Å². The molecular formula is C12H9N3O2. The number of nitriles is 1. The summed E-state index contributed by atoms with van der Waals surface area (Å²) >= 11 is 0. The highest BCUT2D eigenvalue weighted by Gasteiger charge is 2.07. The lowest BCUT2D eigenvalue weighted by Crippen LogP contribution is -2.02. The number of carbonyl (C=O) groups is 1. The van der Waals surface area contributed by atoms with E-state index in [1.165, 1.54) is 17.1 Å². The third-order valence-electron chi connectivity index (χ3n) is 2.35. The summed E-state index contributed by atoms with van der Waals surface area (Å²) in [6, 6.07) is 9.24. The maximum atomic E-state index is 10.7. The number of aromatic carboxylic acids is 1. The molecule has 5 nitrogen and oxygen atoms in total. The molecule has 0 atom stereocenters. The predicted molar refractivity (Wildman–Crippen MR) is 59.4 cm³/mol. The summed E-state index contributed by atoms with van der Waals surface area (Å²) in [6.45, 7) is 0.386. The number of carboxylic acid groups (broad SMARTS) is 1. The van der Waals surface area contributed by atoms with E-state index in [4.69, 9.17) is 10.4 Å². The summed E-state index contributed by atoms with van der Waals surface area (Å²) in [5, 5.41) is 21.6. The highest BCUT2D eigenvalue weighted by Crippen LogP contribution is 2.09. The van der Waals surface area contributed by atoms with Gasteiger partial charge in [-0.3, -0.25) is 4.68 Å². The molecule has 0 saturated carbocycles. The van der Waals surface area contributed by atoms with Gasteiger partial charge in [-0.1, -0.05) is 18.2 Å². The van der Waals surface area contributed by atoms with Crippen molar-refractivity contribution >= 4 is 5.97 Å². The maximum absolute atomic E-state index is 10.7. The Balaban J connectivity index is 2.26. The molecule has 84 valence electrons. The van der Waals surface area contributed by atoms with Gasteiger partial charge in [0, 0.05) is 6.20 Å². The minimum atomic E-state index is -1.01. The first-order chi connectivity index (χ1) is 8.20. The minimum Gasteiger partial charge on any atom is -0.478 e. The van der Waals surface area contributed by atoms with Crippen molar-refractivity contribution < 1.29 is 9.90 Å². The van der Waals surface area contributed by atoms with Crippen LogP contribution in [0.5, 0.6) is 0 Å². The van der Waals surface area contributed by atoms with Gasteiger partial charge in [-0.25, -0.2) is 4.79 Å². The van der Waals surface area contributed by atoms with E-state index in [0.29, 0.717) is 12.1 Å². The van der Waals surface area contributed by atoms with Crippen molar-refractivity contribution in [1.29, 1.82) is 5.26 Å². The normalized spacial score (nSPS) is 9.82. The zero-order valence-electron chi connectivity index (χ0n) is 8.87. The molecule has 0 saturated heterocycles. The SMILES string of the molecule is N#Cc1ccccc1Cn1cc(C(=O)O)cn1. The average molecular weight is 227 g/mol. The van der Waals surface area contributed by atoms with E-state index in [-0.39, 0.29) is 5.56 Å². The molecule has 2 aromatic rings. The van der Waals surface area contributed by atoms with Gasteiger partial charge in [0.2, 0.25) is 0 Å². The van der Waals surface area contributed by atoms with Crippen molar-refractivity contribution in [3.05, 3.63) is 53.3 Å². The van der Waals surface area contributed by atoms with Gasteiger partial charge in [-0.15, -0.1) is 0 Å². The number of aromatic nitrogens is 2. The number of hydrogen-bond donors (Lipinski definition) is 1. The number of hydrogen-bond acceptors (Lipinski definition) is 3. The fourth-order valence-electron chi connectivity index (χ4n) is 1.50. The third kappa shape index (κ3) is 2.32. The van der Waals surface area contributed by atoms with Crippen LogP contribution in [0.1, 0.15) is 21.5 Å². The van der Waals surface area contributed by atoms with E-state index in [1.807, 2.05) is 12.1 Å². The highest BCUT2D eigenvalue weighted by molar-refractivity contribution is 5.86. The summed E-state index contributed by atoms with van der Waals surface area (Å²) in [7, 11) is 0. The second-order valence-electron chi connectivity index (χ2n) is 3.50. The summed E-state index contributed by atoms with van der Waals surface area (Å²) in [6.07, 6.45) is 2.73. The van der Waals surface area contributed by atoms with Gasteiger partial charge < -0.3 is 5.11 Å². The fraction of sp³-hybridized carbons (Fsp3) is 0.0833. The number of nitrogens with zero attached hydrogens (tertiary/aromatic N) is 3. The molecule has 0 radical (unpaired) electrons. The van der Waals surface area contributed by atoms with Crippen LogP contribution in [-0.2, 0) is 6.54 Å². The van der Waals surface area contributed by atoms with Crippen LogP contribution in [-0.4, -0.2) is 20.9 Å². The van der Waals surface area contributed by atoms with Gasteiger partial charge in [-0.05, 0) is 11.6 Å². The largest absolute Gasteiger partial charge is 0.478 e. The predicted octanol–water partition coefficient (Wildman–Crippen LogP) is 1.50. The standard InChI is InChI=1S/C12H9N3O2/c13-5-9-3-1-2-4-10(9)7-15-8-11(6-14-15)12(16)17/h1-4,6,8H,7H2,(H,16,17). The third-order valence-corrected chi connectivity index (χ3v) is 2.35. The molecule has 17 heavy (non-hydrogen) atoms. The molecule has 0 fully saturated rings. The van der Waals surface area contributed by atoms with Crippen molar-refractivity contribution in [2.45, 2.75) is 6.54 Å². The lowest BCUT2D eigenvalue weighted by molar-refractivity contribution is 0.0697. The van der Waals surface area contributed by atoms with Crippen molar-refractivity contribution in [3.63, 3.8) is 0 Å². The molecule has 0 spiro atoms. The van der Waals surface area contributed by atoms with Crippen LogP contribution < -0.4 is 0 Å². The Morgan fingerprint density at radius 3 is 2.88 bits per heavy atom. The minimum absolute atomic E-state index is 0.138. The van der Waals surface area contributed by atoms with E-state index in [2.05, 4.69) is 11.2 Å². The van der Waals surface area contributed by atoms with Gasteiger partial charge in [0.15, 0.2) is 0 Å². The van der Waals surface area contributed by atoms with Crippen LogP contribution in [0.15, 0.2) is 36.7 Å².